The standard InChI is InChI=1S/C25H34N6O2/c1-17-5-4-6-19(13-17)25(33)26-14-23(32)27-20-15-30(16-20)21-10-8-18(9-11-21)24-28-22-7-2-3-12-31(22)29-24/h4-6,13,18,20-21H,2-3,7-12,14-16H2,1H3,(H,26,33)(H,27,32). The lowest BCUT2D eigenvalue weighted by atomic mass is 9.83. The number of likely N-dealkylation sites (tertiary alicyclic amines) is 1. The van der Waals surface area contributed by atoms with Crippen LogP contribution in [0.5, 0.6) is 0 Å². The summed E-state index contributed by atoms with van der Waals surface area (Å²) in [6.45, 7) is 4.76. The topological polar surface area (TPSA) is 92.2 Å². The fourth-order valence-corrected chi connectivity index (χ4v) is 5.40. The largest absolute Gasteiger partial charge is 0.349 e. The minimum Gasteiger partial charge on any atom is -0.349 e. The molecule has 1 saturated carbocycles. The maximum atomic E-state index is 12.3. The summed E-state index contributed by atoms with van der Waals surface area (Å²) in [6.07, 6.45) is 8.15. The first kappa shape index (κ1) is 22.1. The number of carbonyl (C=O) groups excluding carboxylic acids is 2. The molecular formula is C25H34N6O2. The van der Waals surface area contributed by atoms with Crippen LogP contribution in [-0.4, -0.2) is 63.2 Å². The number of aromatic nitrogens is 3. The molecule has 2 aliphatic heterocycles. The van der Waals surface area contributed by atoms with E-state index in [2.05, 4.69) is 20.2 Å². The fourth-order valence-electron chi connectivity index (χ4n) is 5.40. The van der Waals surface area contributed by atoms with E-state index in [-0.39, 0.29) is 24.4 Å². The molecule has 3 aliphatic rings. The molecule has 5 rings (SSSR count). The van der Waals surface area contributed by atoms with Gasteiger partial charge in [-0.3, -0.25) is 14.5 Å². The summed E-state index contributed by atoms with van der Waals surface area (Å²) < 4.78 is 2.12. The summed E-state index contributed by atoms with van der Waals surface area (Å²) >= 11 is 0. The van der Waals surface area contributed by atoms with Gasteiger partial charge in [-0.25, -0.2) is 9.67 Å². The number of hydrogen-bond acceptors (Lipinski definition) is 5. The van der Waals surface area contributed by atoms with Crippen LogP contribution in [0.1, 0.15) is 72.0 Å². The molecule has 2 N–H and O–H groups in total. The van der Waals surface area contributed by atoms with Crippen molar-refractivity contribution in [2.45, 2.75) is 76.4 Å². The summed E-state index contributed by atoms with van der Waals surface area (Å²) in [5, 5.41) is 10.6. The maximum absolute atomic E-state index is 12.3. The van der Waals surface area contributed by atoms with Gasteiger partial charge in [-0.1, -0.05) is 17.7 Å². The normalized spacial score (nSPS) is 23.4. The molecule has 8 nitrogen and oxygen atoms in total. The molecule has 3 heterocycles. The van der Waals surface area contributed by atoms with Crippen molar-refractivity contribution >= 4 is 11.8 Å². The molecule has 0 unspecified atom stereocenters. The second-order valence-corrected chi connectivity index (χ2v) is 9.84. The number of rotatable bonds is 6. The molecule has 0 atom stereocenters. The summed E-state index contributed by atoms with van der Waals surface area (Å²) in [5.74, 6) is 2.39. The predicted molar refractivity (Wildman–Crippen MR) is 125 cm³/mol. The Hall–Kier alpha value is -2.74. The first-order chi connectivity index (χ1) is 16.0. The molecule has 1 aromatic heterocycles. The van der Waals surface area contributed by atoms with Crippen molar-refractivity contribution in [3.05, 3.63) is 47.0 Å². The van der Waals surface area contributed by atoms with Gasteiger partial charge in [-0.15, -0.1) is 0 Å². The van der Waals surface area contributed by atoms with Crippen molar-refractivity contribution in [2.75, 3.05) is 19.6 Å². The van der Waals surface area contributed by atoms with Crippen LogP contribution in [0.2, 0.25) is 0 Å². The molecule has 33 heavy (non-hydrogen) atoms. The number of hydrogen-bond donors (Lipinski definition) is 2. The predicted octanol–water partition coefficient (Wildman–Crippen LogP) is 2.18. The Kier molecular flexibility index (Phi) is 6.44. The van der Waals surface area contributed by atoms with E-state index in [4.69, 9.17) is 10.1 Å². The van der Waals surface area contributed by atoms with Crippen molar-refractivity contribution in [1.82, 2.24) is 30.3 Å². The number of aryl methyl sites for hydroxylation is 3. The van der Waals surface area contributed by atoms with Gasteiger partial charge >= 0.3 is 0 Å². The SMILES string of the molecule is Cc1cccc(C(=O)NCC(=O)NC2CN(C3CCC(c4nc5n(n4)CCCC5)CC3)C2)c1. The van der Waals surface area contributed by atoms with Gasteiger partial charge in [0.05, 0.1) is 12.6 Å². The highest BCUT2D eigenvalue weighted by Crippen LogP contribution is 2.35. The third-order valence-corrected chi connectivity index (χ3v) is 7.33. The molecule has 8 heteroatoms. The zero-order valence-electron chi connectivity index (χ0n) is 19.4. The quantitative estimate of drug-likeness (QED) is 0.704. The lowest BCUT2D eigenvalue weighted by molar-refractivity contribution is -0.122. The van der Waals surface area contributed by atoms with E-state index in [1.807, 2.05) is 25.1 Å². The van der Waals surface area contributed by atoms with Crippen molar-refractivity contribution in [3.63, 3.8) is 0 Å². The molecule has 176 valence electrons. The molecule has 0 spiro atoms. The van der Waals surface area contributed by atoms with Crippen molar-refractivity contribution in [1.29, 1.82) is 0 Å². The van der Waals surface area contributed by atoms with Crippen LogP contribution in [0.3, 0.4) is 0 Å². The minimum atomic E-state index is -0.214. The van der Waals surface area contributed by atoms with Gasteiger partial charge in [-0.2, -0.15) is 5.10 Å². The van der Waals surface area contributed by atoms with Gasteiger partial charge < -0.3 is 10.6 Å². The molecule has 0 radical (unpaired) electrons. The molecule has 0 bridgehead atoms. The average Bonchev–Trinajstić information content (AvgIpc) is 3.24. The van der Waals surface area contributed by atoms with Crippen LogP contribution in [0, 0.1) is 6.92 Å². The smallest absolute Gasteiger partial charge is 0.251 e. The van der Waals surface area contributed by atoms with E-state index in [1.54, 1.807) is 6.07 Å². The second kappa shape index (κ2) is 9.63. The van der Waals surface area contributed by atoms with Gasteiger partial charge in [0.25, 0.3) is 5.91 Å². The lowest BCUT2D eigenvalue weighted by Crippen LogP contribution is -2.63. The zero-order chi connectivity index (χ0) is 22.8. The van der Waals surface area contributed by atoms with E-state index in [9.17, 15) is 9.59 Å². The number of amides is 2. The van der Waals surface area contributed by atoms with Gasteiger partial charge in [0, 0.05) is 43.6 Å². The Bertz CT molecular complexity index is 981. The van der Waals surface area contributed by atoms with Gasteiger partial charge in [0.15, 0.2) is 5.82 Å². The highest BCUT2D eigenvalue weighted by molar-refractivity contribution is 5.96. The molecule has 2 amide bonds. The Balaban J connectivity index is 1.01. The number of nitrogens with zero attached hydrogens (tertiary/aromatic N) is 4. The Morgan fingerprint density at radius 3 is 2.70 bits per heavy atom. The lowest BCUT2D eigenvalue weighted by Gasteiger charge is -2.46. The van der Waals surface area contributed by atoms with E-state index in [0.717, 1.165) is 50.3 Å². The van der Waals surface area contributed by atoms with Crippen molar-refractivity contribution < 1.29 is 9.59 Å². The van der Waals surface area contributed by atoms with Crippen LogP contribution in [0.25, 0.3) is 0 Å². The molecular weight excluding hydrogens is 416 g/mol. The molecule has 1 aliphatic carbocycles. The molecule has 1 saturated heterocycles. The van der Waals surface area contributed by atoms with Crippen LogP contribution < -0.4 is 10.6 Å². The highest BCUT2D eigenvalue weighted by atomic mass is 16.2. The van der Waals surface area contributed by atoms with Gasteiger partial charge in [0.2, 0.25) is 5.91 Å². The van der Waals surface area contributed by atoms with Crippen LogP contribution in [-0.2, 0) is 17.8 Å². The number of nitrogens with one attached hydrogen (secondary N) is 2. The number of carbonyl (C=O) groups is 2. The first-order valence-corrected chi connectivity index (χ1v) is 12.4. The van der Waals surface area contributed by atoms with Crippen molar-refractivity contribution in [3.8, 4) is 0 Å². The van der Waals surface area contributed by atoms with E-state index in [1.165, 1.54) is 31.5 Å². The fraction of sp³-hybridized carbons (Fsp3) is 0.600. The minimum absolute atomic E-state index is 0.00994. The Morgan fingerprint density at radius 1 is 1.12 bits per heavy atom. The average molecular weight is 451 g/mol. The first-order valence-electron chi connectivity index (χ1n) is 12.4. The Morgan fingerprint density at radius 2 is 1.94 bits per heavy atom. The maximum Gasteiger partial charge on any atom is 0.251 e. The second-order valence-electron chi connectivity index (χ2n) is 9.84. The summed E-state index contributed by atoms with van der Waals surface area (Å²) in [6, 6.07) is 8.14. The summed E-state index contributed by atoms with van der Waals surface area (Å²) in [7, 11) is 0. The van der Waals surface area contributed by atoms with Crippen LogP contribution in [0.15, 0.2) is 24.3 Å². The van der Waals surface area contributed by atoms with E-state index < -0.39 is 0 Å². The van der Waals surface area contributed by atoms with Gasteiger partial charge in [-0.05, 0) is 57.6 Å². The molecule has 2 aromatic rings. The third kappa shape index (κ3) is 5.11. The molecule has 2 fully saturated rings. The summed E-state index contributed by atoms with van der Waals surface area (Å²) in [5.41, 5.74) is 1.61. The van der Waals surface area contributed by atoms with E-state index in [0.29, 0.717) is 17.5 Å². The summed E-state index contributed by atoms with van der Waals surface area (Å²) in [4.78, 5) is 31.8. The van der Waals surface area contributed by atoms with Crippen molar-refractivity contribution in [2.24, 2.45) is 0 Å². The Labute approximate surface area is 195 Å². The third-order valence-electron chi connectivity index (χ3n) is 7.33. The monoisotopic (exact) mass is 450 g/mol. The molecule has 1 aromatic carbocycles. The number of fused-ring (bicyclic) bond motifs is 1. The van der Waals surface area contributed by atoms with Gasteiger partial charge in [0.1, 0.15) is 5.82 Å². The zero-order valence-corrected chi connectivity index (χ0v) is 19.4. The van der Waals surface area contributed by atoms with Crippen LogP contribution in [0.4, 0.5) is 0 Å². The van der Waals surface area contributed by atoms with Crippen LogP contribution >= 0.6 is 0 Å². The number of benzene rings is 1. The van der Waals surface area contributed by atoms with E-state index >= 15 is 0 Å². The highest BCUT2D eigenvalue weighted by Gasteiger charge is 2.36.